The fraction of sp³-hybridized carbons (Fsp3) is 1.00. The van der Waals surface area contributed by atoms with E-state index in [9.17, 15) is 0 Å². The highest BCUT2D eigenvalue weighted by Gasteiger charge is 2.29. The molecule has 0 spiro atoms. The smallest absolute Gasteiger partial charge is 0.0120 e. The van der Waals surface area contributed by atoms with Crippen LogP contribution in [0.5, 0.6) is 0 Å². The second-order valence-electron chi connectivity index (χ2n) is 5.05. The Balaban J connectivity index is 1.76. The van der Waals surface area contributed by atoms with E-state index in [0.29, 0.717) is 0 Å². The number of hydrogen-bond acceptors (Lipinski definition) is 3. The summed E-state index contributed by atoms with van der Waals surface area (Å²) >= 11 is 0. The van der Waals surface area contributed by atoms with E-state index in [1.807, 2.05) is 0 Å². The maximum atomic E-state index is 5.73. The first-order valence-electron chi connectivity index (χ1n) is 6.50. The van der Waals surface area contributed by atoms with Gasteiger partial charge >= 0.3 is 0 Å². The number of likely N-dealkylation sites (tertiary alicyclic amines) is 2. The second-order valence-corrected chi connectivity index (χ2v) is 5.05. The topological polar surface area (TPSA) is 32.5 Å². The van der Waals surface area contributed by atoms with E-state index in [4.69, 9.17) is 5.73 Å². The van der Waals surface area contributed by atoms with Crippen molar-refractivity contribution in [3.8, 4) is 0 Å². The Bertz CT molecular complexity index is 187. The summed E-state index contributed by atoms with van der Waals surface area (Å²) in [5.74, 6) is 0.772. The maximum absolute atomic E-state index is 5.73. The molecule has 1 atom stereocenters. The lowest BCUT2D eigenvalue weighted by molar-refractivity contribution is 0.128. The van der Waals surface area contributed by atoms with Gasteiger partial charge in [-0.2, -0.15) is 0 Å². The Morgan fingerprint density at radius 2 is 1.87 bits per heavy atom. The van der Waals surface area contributed by atoms with Gasteiger partial charge in [-0.15, -0.1) is 0 Å². The van der Waals surface area contributed by atoms with Gasteiger partial charge in [0.05, 0.1) is 0 Å². The van der Waals surface area contributed by atoms with Gasteiger partial charge in [0.25, 0.3) is 0 Å². The quantitative estimate of drug-likeness (QED) is 0.748. The van der Waals surface area contributed by atoms with E-state index in [1.165, 1.54) is 52.0 Å². The molecule has 2 saturated heterocycles. The van der Waals surface area contributed by atoms with Gasteiger partial charge in [0.1, 0.15) is 0 Å². The zero-order valence-corrected chi connectivity index (χ0v) is 9.99. The van der Waals surface area contributed by atoms with Crippen LogP contribution in [0, 0.1) is 5.92 Å². The van der Waals surface area contributed by atoms with Gasteiger partial charge < -0.3 is 10.6 Å². The number of hydrogen-bond donors (Lipinski definition) is 1. The van der Waals surface area contributed by atoms with Gasteiger partial charge in [-0.3, -0.25) is 4.90 Å². The van der Waals surface area contributed by atoms with Crippen LogP contribution < -0.4 is 5.73 Å². The molecule has 0 radical (unpaired) electrons. The van der Waals surface area contributed by atoms with Crippen molar-refractivity contribution in [1.82, 2.24) is 9.80 Å². The third kappa shape index (κ3) is 2.71. The van der Waals surface area contributed by atoms with E-state index in [0.717, 1.165) is 18.5 Å². The first-order chi connectivity index (χ1) is 7.33. The Hall–Kier alpha value is -0.120. The predicted molar refractivity (Wildman–Crippen MR) is 63.9 cm³/mol. The summed E-state index contributed by atoms with van der Waals surface area (Å²) in [5, 5.41) is 0. The second kappa shape index (κ2) is 5.28. The van der Waals surface area contributed by atoms with Gasteiger partial charge in [0, 0.05) is 12.6 Å². The molecule has 88 valence electrons. The van der Waals surface area contributed by atoms with Crippen LogP contribution >= 0.6 is 0 Å². The molecule has 0 saturated carbocycles. The molecule has 2 aliphatic rings. The molecule has 1 unspecified atom stereocenters. The molecular formula is C12H25N3. The van der Waals surface area contributed by atoms with Crippen molar-refractivity contribution < 1.29 is 0 Å². The van der Waals surface area contributed by atoms with Crippen LogP contribution in [-0.4, -0.2) is 55.1 Å². The molecule has 0 bridgehead atoms. The Morgan fingerprint density at radius 1 is 1.13 bits per heavy atom. The van der Waals surface area contributed by atoms with E-state index < -0.39 is 0 Å². The molecule has 2 N–H and O–H groups in total. The fourth-order valence-electron chi connectivity index (χ4n) is 2.99. The molecule has 0 aromatic heterocycles. The molecule has 3 nitrogen and oxygen atoms in total. The van der Waals surface area contributed by atoms with E-state index in [2.05, 4.69) is 16.7 Å². The van der Waals surface area contributed by atoms with Crippen molar-refractivity contribution >= 4 is 0 Å². The van der Waals surface area contributed by atoms with Crippen molar-refractivity contribution in [2.45, 2.75) is 32.2 Å². The summed E-state index contributed by atoms with van der Waals surface area (Å²) in [7, 11) is 0. The van der Waals surface area contributed by atoms with Crippen molar-refractivity contribution in [2.75, 3.05) is 39.3 Å². The van der Waals surface area contributed by atoms with Crippen molar-refractivity contribution in [3.63, 3.8) is 0 Å². The van der Waals surface area contributed by atoms with E-state index in [1.54, 1.807) is 0 Å². The lowest BCUT2D eigenvalue weighted by Gasteiger charge is -2.36. The first kappa shape index (κ1) is 11.4. The van der Waals surface area contributed by atoms with E-state index >= 15 is 0 Å². The molecule has 2 rings (SSSR count). The van der Waals surface area contributed by atoms with Crippen LogP contribution in [0.4, 0.5) is 0 Å². The summed E-state index contributed by atoms with van der Waals surface area (Å²) < 4.78 is 0. The largest absolute Gasteiger partial charge is 0.330 e. The monoisotopic (exact) mass is 211 g/mol. The van der Waals surface area contributed by atoms with E-state index in [-0.39, 0.29) is 0 Å². The van der Waals surface area contributed by atoms with Gasteiger partial charge in [0.2, 0.25) is 0 Å². The molecule has 0 amide bonds. The molecule has 0 aromatic rings. The molecule has 15 heavy (non-hydrogen) atoms. The average Bonchev–Trinajstić information content (AvgIpc) is 2.78. The summed E-state index contributed by atoms with van der Waals surface area (Å²) in [6.45, 7) is 9.50. The normalized spacial score (nSPS) is 31.2. The van der Waals surface area contributed by atoms with Crippen LogP contribution in [-0.2, 0) is 0 Å². The van der Waals surface area contributed by atoms with Crippen LogP contribution in [0.2, 0.25) is 0 Å². The number of nitrogens with two attached hydrogens (primary N) is 1. The van der Waals surface area contributed by atoms with Crippen LogP contribution in [0.3, 0.4) is 0 Å². The molecule has 0 aromatic carbocycles. The summed E-state index contributed by atoms with van der Waals surface area (Å²) in [5.41, 5.74) is 5.73. The number of piperidine rings is 1. The minimum Gasteiger partial charge on any atom is -0.330 e. The highest BCUT2D eigenvalue weighted by molar-refractivity contribution is 4.85. The maximum Gasteiger partial charge on any atom is 0.0120 e. The van der Waals surface area contributed by atoms with Crippen LogP contribution in [0.25, 0.3) is 0 Å². The summed E-state index contributed by atoms with van der Waals surface area (Å²) in [6, 6.07) is 0.851. The van der Waals surface area contributed by atoms with Gasteiger partial charge in [-0.25, -0.2) is 0 Å². The first-order valence-corrected chi connectivity index (χ1v) is 6.50. The lowest BCUT2D eigenvalue weighted by atomic mass is 10.0. The predicted octanol–water partition coefficient (Wildman–Crippen LogP) is 0.751. The van der Waals surface area contributed by atoms with Crippen molar-refractivity contribution in [1.29, 1.82) is 0 Å². The fourth-order valence-corrected chi connectivity index (χ4v) is 2.99. The summed E-state index contributed by atoms with van der Waals surface area (Å²) in [4.78, 5) is 5.25. The SMILES string of the molecule is CCN1CCC(N2CCC(CN)C2)CC1. The molecule has 2 aliphatic heterocycles. The Morgan fingerprint density at radius 3 is 2.40 bits per heavy atom. The Kier molecular flexibility index (Phi) is 4.00. The van der Waals surface area contributed by atoms with Gasteiger partial charge in [-0.05, 0) is 57.9 Å². The third-order valence-corrected chi connectivity index (χ3v) is 4.17. The molecular weight excluding hydrogens is 186 g/mol. The highest BCUT2D eigenvalue weighted by Crippen LogP contribution is 2.23. The van der Waals surface area contributed by atoms with Gasteiger partial charge in [-0.1, -0.05) is 6.92 Å². The van der Waals surface area contributed by atoms with Crippen molar-refractivity contribution in [2.24, 2.45) is 11.7 Å². The van der Waals surface area contributed by atoms with Crippen LogP contribution in [0.1, 0.15) is 26.2 Å². The standard InChI is InChI=1S/C12H25N3/c1-2-14-6-4-12(5-7-14)15-8-3-11(9-13)10-15/h11-12H,2-10,13H2,1H3. The molecule has 0 aliphatic carbocycles. The highest BCUT2D eigenvalue weighted by atomic mass is 15.2. The zero-order chi connectivity index (χ0) is 10.7. The number of nitrogens with zero attached hydrogens (tertiary/aromatic N) is 2. The zero-order valence-electron chi connectivity index (χ0n) is 9.99. The molecule has 3 heteroatoms. The van der Waals surface area contributed by atoms with Crippen molar-refractivity contribution in [3.05, 3.63) is 0 Å². The molecule has 2 fully saturated rings. The summed E-state index contributed by atoms with van der Waals surface area (Å²) in [6.07, 6.45) is 4.06. The third-order valence-electron chi connectivity index (χ3n) is 4.17. The minimum absolute atomic E-state index is 0.772. The number of rotatable bonds is 3. The Labute approximate surface area is 93.6 Å². The lowest BCUT2D eigenvalue weighted by Crippen LogP contribution is -2.44. The average molecular weight is 211 g/mol. The minimum atomic E-state index is 0.772. The van der Waals surface area contributed by atoms with Gasteiger partial charge in [0.15, 0.2) is 0 Å². The van der Waals surface area contributed by atoms with Crippen LogP contribution in [0.15, 0.2) is 0 Å². The molecule has 2 heterocycles.